The topological polar surface area (TPSA) is 54.9 Å². The Morgan fingerprint density at radius 1 is 1.40 bits per heavy atom. The third-order valence-corrected chi connectivity index (χ3v) is 2.11. The highest BCUT2D eigenvalue weighted by Crippen LogP contribution is 2.07. The zero-order valence-electron chi connectivity index (χ0n) is 9.50. The summed E-state index contributed by atoms with van der Waals surface area (Å²) in [5.74, 6) is -0.0494. The summed E-state index contributed by atoms with van der Waals surface area (Å²) in [4.78, 5) is 11.8. The smallest absolute Gasteiger partial charge is 0.253 e. The second-order valence-electron chi connectivity index (χ2n) is 3.46. The van der Waals surface area contributed by atoms with Crippen LogP contribution < -0.4 is 5.32 Å². The molecule has 0 saturated heterocycles. The van der Waals surface area contributed by atoms with Gasteiger partial charge >= 0.3 is 0 Å². The zero-order valence-corrected chi connectivity index (χ0v) is 9.50. The lowest BCUT2D eigenvalue weighted by Crippen LogP contribution is -2.25. The predicted octanol–water partition coefficient (Wildman–Crippen LogP) is 1.49. The number of aromatic nitrogens is 2. The molecule has 0 atom stereocenters. The molecule has 0 aliphatic rings. The number of rotatable bonds is 4. The van der Waals surface area contributed by atoms with E-state index in [0.29, 0.717) is 12.1 Å². The summed E-state index contributed by atoms with van der Waals surface area (Å²) in [6.45, 7) is 6.53. The highest BCUT2D eigenvalue weighted by Gasteiger charge is 2.11. The lowest BCUT2D eigenvalue weighted by atomic mass is 10.1. The second-order valence-corrected chi connectivity index (χ2v) is 3.46. The van der Waals surface area contributed by atoms with Gasteiger partial charge in [-0.1, -0.05) is 13.8 Å². The lowest BCUT2D eigenvalue weighted by Gasteiger charge is -2.07. The van der Waals surface area contributed by atoms with Crippen molar-refractivity contribution in [2.24, 2.45) is 0 Å². The summed E-state index contributed by atoms with van der Waals surface area (Å²) < 4.78 is 0. The minimum absolute atomic E-state index is 0.0494. The maximum Gasteiger partial charge on any atom is 0.253 e. The summed E-state index contributed by atoms with van der Waals surface area (Å²) in [6.07, 6.45) is 1.66. The first kappa shape index (κ1) is 11.6. The predicted molar refractivity (Wildman–Crippen MR) is 58.8 cm³/mol. The summed E-state index contributed by atoms with van der Waals surface area (Å²) in [5, 5.41) is 10.8. The van der Waals surface area contributed by atoms with Crippen molar-refractivity contribution in [1.82, 2.24) is 15.5 Å². The molecule has 1 aromatic heterocycles. The van der Waals surface area contributed by atoms with Crippen molar-refractivity contribution in [2.75, 3.05) is 6.54 Å². The van der Waals surface area contributed by atoms with Crippen molar-refractivity contribution < 1.29 is 4.79 Å². The average Bonchev–Trinajstić information content (AvgIpc) is 2.25. The van der Waals surface area contributed by atoms with Gasteiger partial charge in [-0.2, -0.15) is 10.2 Å². The molecule has 0 aromatic carbocycles. The molecular formula is C11H17N3O. The van der Waals surface area contributed by atoms with Gasteiger partial charge in [0.25, 0.3) is 5.91 Å². The fourth-order valence-corrected chi connectivity index (χ4v) is 1.31. The van der Waals surface area contributed by atoms with Crippen LogP contribution in [0.3, 0.4) is 0 Å². The highest BCUT2D eigenvalue weighted by atomic mass is 16.1. The second kappa shape index (κ2) is 5.44. The Balaban J connectivity index is 2.90. The quantitative estimate of drug-likeness (QED) is 0.813. The molecule has 0 unspecified atom stereocenters. The van der Waals surface area contributed by atoms with E-state index in [4.69, 9.17) is 0 Å². The van der Waals surface area contributed by atoms with Crippen molar-refractivity contribution in [3.05, 3.63) is 23.0 Å². The maximum absolute atomic E-state index is 11.8. The molecule has 4 nitrogen and oxygen atoms in total. The van der Waals surface area contributed by atoms with Crippen LogP contribution in [-0.4, -0.2) is 22.6 Å². The van der Waals surface area contributed by atoms with E-state index in [9.17, 15) is 4.79 Å². The fraction of sp³-hybridized carbons (Fsp3) is 0.545. The Morgan fingerprint density at radius 2 is 2.13 bits per heavy atom. The fourth-order valence-electron chi connectivity index (χ4n) is 1.31. The summed E-state index contributed by atoms with van der Waals surface area (Å²) >= 11 is 0. The largest absolute Gasteiger partial charge is 0.352 e. The first-order valence-electron chi connectivity index (χ1n) is 5.30. The third kappa shape index (κ3) is 3.01. The Kier molecular flexibility index (Phi) is 4.21. The van der Waals surface area contributed by atoms with Gasteiger partial charge in [0, 0.05) is 6.54 Å². The van der Waals surface area contributed by atoms with E-state index in [1.807, 2.05) is 20.8 Å². The molecule has 0 spiro atoms. The van der Waals surface area contributed by atoms with Crippen molar-refractivity contribution in [1.29, 1.82) is 0 Å². The van der Waals surface area contributed by atoms with Crippen molar-refractivity contribution in [3.63, 3.8) is 0 Å². The molecule has 82 valence electrons. The molecule has 1 heterocycles. The molecule has 0 aliphatic carbocycles. The molecule has 4 heteroatoms. The zero-order chi connectivity index (χ0) is 11.3. The van der Waals surface area contributed by atoms with Crippen molar-refractivity contribution in [2.45, 2.75) is 33.6 Å². The summed E-state index contributed by atoms with van der Waals surface area (Å²) in [7, 11) is 0. The molecule has 1 N–H and O–H groups in total. The van der Waals surface area contributed by atoms with Gasteiger partial charge in [-0.15, -0.1) is 0 Å². The van der Waals surface area contributed by atoms with Gasteiger partial charge in [0.2, 0.25) is 0 Å². The SMILES string of the molecule is CCCNC(=O)c1cc(C)nnc1CC. The van der Waals surface area contributed by atoms with Crippen LogP contribution in [0.4, 0.5) is 0 Å². The number of nitrogens with zero attached hydrogens (tertiary/aromatic N) is 2. The average molecular weight is 207 g/mol. The number of hydrogen-bond donors (Lipinski definition) is 1. The number of carbonyl (C=O) groups is 1. The Morgan fingerprint density at radius 3 is 2.73 bits per heavy atom. The van der Waals surface area contributed by atoms with Crippen LogP contribution in [0.15, 0.2) is 6.07 Å². The van der Waals surface area contributed by atoms with Crippen LogP contribution in [0.25, 0.3) is 0 Å². The first-order chi connectivity index (χ1) is 7.19. The minimum Gasteiger partial charge on any atom is -0.352 e. The molecule has 0 aliphatic heterocycles. The lowest BCUT2D eigenvalue weighted by molar-refractivity contribution is 0.0952. The number of amides is 1. The van der Waals surface area contributed by atoms with E-state index in [1.54, 1.807) is 6.07 Å². The van der Waals surface area contributed by atoms with Crippen LogP contribution in [0.5, 0.6) is 0 Å². The van der Waals surface area contributed by atoms with Gasteiger partial charge in [0.05, 0.1) is 17.0 Å². The summed E-state index contributed by atoms with van der Waals surface area (Å²) in [6, 6.07) is 1.79. The van der Waals surface area contributed by atoms with E-state index in [-0.39, 0.29) is 5.91 Å². The van der Waals surface area contributed by atoms with Gasteiger partial charge in [-0.3, -0.25) is 4.79 Å². The Bertz CT molecular complexity index is 350. The first-order valence-corrected chi connectivity index (χ1v) is 5.30. The number of hydrogen-bond acceptors (Lipinski definition) is 3. The molecule has 15 heavy (non-hydrogen) atoms. The molecule has 1 rings (SSSR count). The summed E-state index contributed by atoms with van der Waals surface area (Å²) in [5.41, 5.74) is 2.18. The van der Waals surface area contributed by atoms with Gasteiger partial charge in [0.15, 0.2) is 0 Å². The van der Waals surface area contributed by atoms with Crippen molar-refractivity contribution in [3.8, 4) is 0 Å². The normalized spacial score (nSPS) is 10.1. The van der Waals surface area contributed by atoms with E-state index >= 15 is 0 Å². The van der Waals surface area contributed by atoms with Crippen LogP contribution in [0, 0.1) is 6.92 Å². The van der Waals surface area contributed by atoms with Gasteiger partial charge < -0.3 is 5.32 Å². The van der Waals surface area contributed by atoms with Crippen LogP contribution in [0.1, 0.15) is 42.0 Å². The molecule has 0 fully saturated rings. The van der Waals surface area contributed by atoms with E-state index in [1.165, 1.54) is 0 Å². The van der Waals surface area contributed by atoms with Crippen molar-refractivity contribution >= 4 is 5.91 Å². The van der Waals surface area contributed by atoms with Crippen LogP contribution in [-0.2, 0) is 6.42 Å². The van der Waals surface area contributed by atoms with E-state index < -0.39 is 0 Å². The number of aryl methyl sites for hydroxylation is 2. The molecule has 1 aromatic rings. The Hall–Kier alpha value is -1.45. The third-order valence-electron chi connectivity index (χ3n) is 2.11. The molecule has 0 radical (unpaired) electrons. The molecule has 0 bridgehead atoms. The number of carbonyl (C=O) groups excluding carboxylic acids is 1. The van der Waals surface area contributed by atoms with Gasteiger partial charge in [-0.25, -0.2) is 0 Å². The van der Waals surface area contributed by atoms with Gasteiger partial charge in [0.1, 0.15) is 0 Å². The molecular weight excluding hydrogens is 190 g/mol. The van der Waals surface area contributed by atoms with Gasteiger partial charge in [-0.05, 0) is 25.8 Å². The van der Waals surface area contributed by atoms with Crippen LogP contribution in [0.2, 0.25) is 0 Å². The van der Waals surface area contributed by atoms with E-state index in [0.717, 1.165) is 24.2 Å². The monoisotopic (exact) mass is 207 g/mol. The van der Waals surface area contributed by atoms with Crippen LogP contribution >= 0.6 is 0 Å². The molecule has 0 saturated carbocycles. The minimum atomic E-state index is -0.0494. The molecule has 1 amide bonds. The highest BCUT2D eigenvalue weighted by molar-refractivity contribution is 5.95. The number of nitrogens with one attached hydrogen (secondary N) is 1. The maximum atomic E-state index is 11.8. The standard InChI is InChI=1S/C11H17N3O/c1-4-6-12-11(15)9-7-8(3)13-14-10(9)5-2/h7H,4-6H2,1-3H3,(H,12,15). The Labute approximate surface area is 90.1 Å². The van der Waals surface area contributed by atoms with E-state index in [2.05, 4.69) is 15.5 Å².